The molecule has 3 aromatic carbocycles. The molecule has 3 rings (SSSR count). The fourth-order valence-corrected chi connectivity index (χ4v) is 2.52. The van der Waals surface area contributed by atoms with Gasteiger partial charge in [0.2, 0.25) is 0 Å². The third-order valence-electron chi connectivity index (χ3n) is 3.94. The van der Waals surface area contributed by atoms with E-state index < -0.39 is 9.85 Å². The summed E-state index contributed by atoms with van der Waals surface area (Å²) >= 11 is 0. The van der Waals surface area contributed by atoms with Gasteiger partial charge in [-0.3, -0.25) is 31.1 Å². The predicted molar refractivity (Wildman–Crippen MR) is 115 cm³/mol. The van der Waals surface area contributed by atoms with E-state index in [1.807, 2.05) is 6.07 Å². The molecule has 3 aromatic rings. The number of rotatable bonds is 8. The summed E-state index contributed by atoms with van der Waals surface area (Å²) in [6.45, 7) is 0. The van der Waals surface area contributed by atoms with Crippen molar-refractivity contribution < 1.29 is 9.85 Å². The normalized spacial score (nSPS) is 11.3. The lowest BCUT2D eigenvalue weighted by atomic mass is 10.1. The van der Waals surface area contributed by atoms with Gasteiger partial charge in [-0.15, -0.1) is 0 Å². The molecule has 0 saturated carbocycles. The van der Waals surface area contributed by atoms with Crippen LogP contribution in [-0.4, -0.2) is 21.8 Å². The van der Waals surface area contributed by atoms with E-state index in [9.17, 15) is 20.2 Å². The van der Waals surface area contributed by atoms with Crippen LogP contribution in [0.1, 0.15) is 5.56 Å². The number of hydrogen-bond donors (Lipinski definition) is 2. The van der Waals surface area contributed by atoms with Crippen molar-refractivity contribution in [2.75, 3.05) is 10.9 Å². The SMILES string of the molecule is O=[N+]([O-])c1ccccc1N/N=C\C(=N\Nc1ccccc1[N+](=O)[O-])c1ccccc1. The van der Waals surface area contributed by atoms with Gasteiger partial charge in [-0.2, -0.15) is 10.2 Å². The monoisotopic (exact) mass is 404 g/mol. The van der Waals surface area contributed by atoms with Crippen LogP contribution in [0.2, 0.25) is 0 Å². The Morgan fingerprint density at radius 2 is 1.23 bits per heavy atom. The highest BCUT2D eigenvalue weighted by Crippen LogP contribution is 2.24. The summed E-state index contributed by atoms with van der Waals surface area (Å²) < 4.78 is 0. The van der Waals surface area contributed by atoms with Crippen LogP contribution in [-0.2, 0) is 0 Å². The second kappa shape index (κ2) is 9.55. The van der Waals surface area contributed by atoms with Crippen molar-refractivity contribution in [2.45, 2.75) is 0 Å². The molecule has 10 nitrogen and oxygen atoms in total. The Bertz CT molecular complexity index is 1120. The number of anilines is 2. The molecule has 0 fully saturated rings. The number of benzene rings is 3. The molecular formula is C20H16N6O4. The molecule has 0 atom stereocenters. The molecule has 0 unspecified atom stereocenters. The number of para-hydroxylation sites is 4. The summed E-state index contributed by atoms with van der Waals surface area (Å²) in [6, 6.07) is 21.2. The molecule has 0 bridgehead atoms. The van der Waals surface area contributed by atoms with E-state index >= 15 is 0 Å². The quantitative estimate of drug-likeness (QED) is 0.324. The highest BCUT2D eigenvalue weighted by Gasteiger charge is 2.13. The fraction of sp³-hybridized carbons (Fsp3) is 0. The molecule has 10 heteroatoms. The first-order valence-electron chi connectivity index (χ1n) is 8.71. The molecule has 2 N–H and O–H groups in total. The van der Waals surface area contributed by atoms with Crippen molar-refractivity contribution in [3.8, 4) is 0 Å². The summed E-state index contributed by atoms with van der Waals surface area (Å²) in [4.78, 5) is 21.3. The van der Waals surface area contributed by atoms with Crippen LogP contribution in [0.3, 0.4) is 0 Å². The minimum absolute atomic E-state index is 0.120. The number of hydrogen-bond acceptors (Lipinski definition) is 8. The smallest absolute Gasteiger partial charge is 0.272 e. The Balaban J connectivity index is 1.88. The summed E-state index contributed by atoms with van der Waals surface area (Å²) in [6.07, 6.45) is 1.37. The van der Waals surface area contributed by atoms with Crippen LogP contribution >= 0.6 is 0 Å². The van der Waals surface area contributed by atoms with E-state index in [0.29, 0.717) is 11.3 Å². The molecular weight excluding hydrogens is 388 g/mol. The summed E-state index contributed by atoms with van der Waals surface area (Å²) in [5.41, 5.74) is 6.57. The second-order valence-electron chi connectivity index (χ2n) is 5.89. The van der Waals surface area contributed by atoms with Crippen LogP contribution in [0.25, 0.3) is 0 Å². The first kappa shape index (κ1) is 20.1. The first-order valence-corrected chi connectivity index (χ1v) is 8.71. The Hall–Kier alpha value is -4.60. The highest BCUT2D eigenvalue weighted by atomic mass is 16.6. The molecule has 0 saturated heterocycles. The van der Waals surface area contributed by atoms with Crippen molar-refractivity contribution in [2.24, 2.45) is 10.2 Å². The predicted octanol–water partition coefficient (Wildman–Crippen LogP) is 4.42. The van der Waals surface area contributed by atoms with E-state index in [2.05, 4.69) is 21.1 Å². The third kappa shape index (κ3) is 5.01. The van der Waals surface area contributed by atoms with Gasteiger partial charge in [0.1, 0.15) is 17.1 Å². The largest absolute Gasteiger partial charge is 0.294 e. The van der Waals surface area contributed by atoms with Crippen molar-refractivity contribution >= 4 is 34.7 Å². The second-order valence-corrected chi connectivity index (χ2v) is 5.89. The lowest BCUT2D eigenvalue weighted by Gasteiger charge is -2.05. The van der Waals surface area contributed by atoms with Gasteiger partial charge < -0.3 is 0 Å². The lowest BCUT2D eigenvalue weighted by molar-refractivity contribution is -0.384. The lowest BCUT2D eigenvalue weighted by Crippen LogP contribution is -2.08. The summed E-state index contributed by atoms with van der Waals surface area (Å²) in [5.74, 6) is 0. The maximum Gasteiger partial charge on any atom is 0.294 e. The van der Waals surface area contributed by atoms with Gasteiger partial charge in [-0.1, -0.05) is 54.6 Å². The van der Waals surface area contributed by atoms with Crippen LogP contribution in [0, 0.1) is 20.2 Å². The van der Waals surface area contributed by atoms with E-state index in [-0.39, 0.29) is 22.7 Å². The zero-order valence-electron chi connectivity index (χ0n) is 15.5. The number of hydrazone groups is 2. The number of nitrogens with zero attached hydrogens (tertiary/aromatic N) is 4. The molecule has 0 aliphatic carbocycles. The molecule has 150 valence electrons. The van der Waals surface area contributed by atoms with Crippen molar-refractivity contribution in [3.63, 3.8) is 0 Å². The number of nitro groups is 2. The van der Waals surface area contributed by atoms with E-state index in [4.69, 9.17) is 0 Å². The van der Waals surface area contributed by atoms with Gasteiger partial charge in [0.15, 0.2) is 0 Å². The molecule has 0 aromatic heterocycles. The molecule has 0 amide bonds. The molecule has 0 aliphatic heterocycles. The summed E-state index contributed by atoms with van der Waals surface area (Å²) in [7, 11) is 0. The van der Waals surface area contributed by atoms with Gasteiger partial charge >= 0.3 is 0 Å². The third-order valence-corrected chi connectivity index (χ3v) is 3.94. The van der Waals surface area contributed by atoms with Crippen molar-refractivity contribution in [1.29, 1.82) is 0 Å². The van der Waals surface area contributed by atoms with Crippen LogP contribution < -0.4 is 10.9 Å². The van der Waals surface area contributed by atoms with Crippen LogP contribution in [0.4, 0.5) is 22.7 Å². The van der Waals surface area contributed by atoms with E-state index in [0.717, 1.165) is 0 Å². The Morgan fingerprint density at radius 1 is 0.733 bits per heavy atom. The van der Waals surface area contributed by atoms with E-state index in [1.165, 1.54) is 30.5 Å². The molecule has 30 heavy (non-hydrogen) atoms. The van der Waals surface area contributed by atoms with Crippen LogP contribution in [0.5, 0.6) is 0 Å². The van der Waals surface area contributed by atoms with Gasteiger partial charge in [-0.25, -0.2) is 0 Å². The highest BCUT2D eigenvalue weighted by molar-refractivity contribution is 6.38. The molecule has 0 heterocycles. The minimum atomic E-state index is -0.514. The number of nitrogens with one attached hydrogen (secondary N) is 2. The first-order chi connectivity index (χ1) is 14.6. The molecule has 0 spiro atoms. The Kier molecular flexibility index (Phi) is 6.41. The Labute approximate surface area is 170 Å². The average Bonchev–Trinajstić information content (AvgIpc) is 2.77. The topological polar surface area (TPSA) is 135 Å². The number of nitro benzene ring substituents is 2. The fourth-order valence-electron chi connectivity index (χ4n) is 2.52. The standard InChI is InChI=1S/C20H16N6O4/c27-25(28)19-12-6-4-10-16(19)22-21-14-18(15-8-2-1-3-9-15)24-23-17-11-5-7-13-20(17)26(29)30/h1-14,22-23H/b21-14-,24-18-. The molecule has 0 aliphatic rings. The maximum absolute atomic E-state index is 11.2. The van der Waals surface area contributed by atoms with Crippen LogP contribution in [0.15, 0.2) is 89.1 Å². The zero-order valence-corrected chi connectivity index (χ0v) is 15.5. The van der Waals surface area contributed by atoms with Crippen molar-refractivity contribution in [3.05, 3.63) is 105 Å². The van der Waals surface area contributed by atoms with Gasteiger partial charge in [-0.05, 0) is 12.1 Å². The zero-order chi connectivity index (χ0) is 21.3. The minimum Gasteiger partial charge on any atom is -0.272 e. The van der Waals surface area contributed by atoms with Gasteiger partial charge in [0, 0.05) is 17.7 Å². The van der Waals surface area contributed by atoms with Gasteiger partial charge in [0.25, 0.3) is 11.4 Å². The Morgan fingerprint density at radius 3 is 1.80 bits per heavy atom. The average molecular weight is 404 g/mol. The van der Waals surface area contributed by atoms with E-state index in [1.54, 1.807) is 48.5 Å². The maximum atomic E-state index is 11.2. The summed E-state index contributed by atoms with van der Waals surface area (Å²) in [5, 5.41) is 30.6. The van der Waals surface area contributed by atoms with Gasteiger partial charge in [0.05, 0.1) is 16.1 Å². The van der Waals surface area contributed by atoms with Crippen molar-refractivity contribution in [1.82, 2.24) is 0 Å². The molecule has 0 radical (unpaired) electrons.